The molecule has 0 aliphatic rings. The molecule has 7 heteroatoms. The van der Waals surface area contributed by atoms with Crippen molar-refractivity contribution in [1.82, 2.24) is 0 Å². The maximum absolute atomic E-state index is 11.4. The van der Waals surface area contributed by atoms with Crippen molar-refractivity contribution < 1.29 is 8.42 Å². The van der Waals surface area contributed by atoms with Gasteiger partial charge in [-0.3, -0.25) is 4.72 Å². The van der Waals surface area contributed by atoms with Crippen LogP contribution in [0.5, 0.6) is 0 Å². The summed E-state index contributed by atoms with van der Waals surface area (Å²) in [6.07, 6.45) is 0. The number of nitrogens with one attached hydrogen (secondary N) is 1. The van der Waals surface area contributed by atoms with Crippen molar-refractivity contribution in [3.63, 3.8) is 0 Å². The molecular formula is C8H8BrCl2NO2S. The molecule has 0 radical (unpaired) electrons. The van der Waals surface area contributed by atoms with E-state index in [0.717, 1.165) is 4.47 Å². The van der Waals surface area contributed by atoms with Crippen molar-refractivity contribution in [3.8, 4) is 0 Å². The number of sulfonamides is 1. The van der Waals surface area contributed by atoms with Gasteiger partial charge in [-0.15, -0.1) is 11.6 Å². The van der Waals surface area contributed by atoms with Crippen LogP contribution in [0.1, 0.15) is 0 Å². The quantitative estimate of drug-likeness (QED) is 0.861. The van der Waals surface area contributed by atoms with Crippen LogP contribution in [0, 0.1) is 0 Å². The zero-order valence-electron chi connectivity index (χ0n) is 7.50. The van der Waals surface area contributed by atoms with E-state index in [1.54, 1.807) is 18.2 Å². The second kappa shape index (κ2) is 5.39. The van der Waals surface area contributed by atoms with E-state index in [4.69, 9.17) is 23.2 Å². The molecule has 0 saturated carbocycles. The largest absolute Gasteiger partial charge is 0.282 e. The zero-order valence-corrected chi connectivity index (χ0v) is 11.4. The molecule has 1 aromatic rings. The lowest BCUT2D eigenvalue weighted by Gasteiger charge is -2.08. The van der Waals surface area contributed by atoms with Crippen LogP contribution in [-0.2, 0) is 10.0 Å². The van der Waals surface area contributed by atoms with Crippen LogP contribution < -0.4 is 4.72 Å². The molecule has 0 saturated heterocycles. The first-order chi connectivity index (χ1) is 6.94. The molecule has 0 unspecified atom stereocenters. The Labute approximate surface area is 107 Å². The Morgan fingerprint density at radius 3 is 2.67 bits per heavy atom. The lowest BCUT2D eigenvalue weighted by Crippen LogP contribution is -2.17. The molecule has 0 fully saturated rings. The number of rotatable bonds is 4. The second-order valence-corrected chi connectivity index (χ2v) is 6.28. The Morgan fingerprint density at radius 1 is 1.40 bits per heavy atom. The molecule has 1 N–H and O–H groups in total. The average molecular weight is 333 g/mol. The summed E-state index contributed by atoms with van der Waals surface area (Å²) in [6.45, 7) is 0. The molecule has 0 bridgehead atoms. The summed E-state index contributed by atoms with van der Waals surface area (Å²) in [5, 5.41) is 0.344. The van der Waals surface area contributed by atoms with Crippen LogP contribution >= 0.6 is 39.1 Å². The summed E-state index contributed by atoms with van der Waals surface area (Å²) in [5.74, 6) is -0.0989. The fraction of sp³-hybridized carbons (Fsp3) is 0.250. The molecule has 0 aliphatic carbocycles. The average Bonchev–Trinajstić information content (AvgIpc) is 2.10. The van der Waals surface area contributed by atoms with Gasteiger partial charge in [0.1, 0.15) is 0 Å². The van der Waals surface area contributed by atoms with E-state index >= 15 is 0 Å². The first kappa shape index (κ1) is 13.1. The van der Waals surface area contributed by atoms with Gasteiger partial charge in [-0.25, -0.2) is 8.42 Å². The van der Waals surface area contributed by atoms with Crippen LogP contribution in [0.15, 0.2) is 22.7 Å². The molecule has 0 aliphatic heterocycles. The third-order valence-electron chi connectivity index (χ3n) is 1.54. The monoisotopic (exact) mass is 331 g/mol. The van der Waals surface area contributed by atoms with E-state index in [1.807, 2.05) is 0 Å². The molecular weight excluding hydrogens is 325 g/mol. The van der Waals surface area contributed by atoms with Gasteiger partial charge in [-0.2, -0.15) is 0 Å². The Hall–Kier alpha value is 0.0300. The Kier molecular flexibility index (Phi) is 4.70. The van der Waals surface area contributed by atoms with Crippen molar-refractivity contribution in [2.75, 3.05) is 16.4 Å². The van der Waals surface area contributed by atoms with E-state index in [0.29, 0.717) is 10.7 Å². The van der Waals surface area contributed by atoms with Gasteiger partial charge in [0.05, 0.1) is 16.5 Å². The summed E-state index contributed by atoms with van der Waals surface area (Å²) >= 11 is 14.4. The number of hydrogen-bond donors (Lipinski definition) is 1. The van der Waals surface area contributed by atoms with E-state index in [2.05, 4.69) is 20.7 Å². The van der Waals surface area contributed by atoms with Crippen LogP contribution in [0.3, 0.4) is 0 Å². The third-order valence-corrected chi connectivity index (χ3v) is 4.05. The Balaban J connectivity index is 2.94. The van der Waals surface area contributed by atoms with Crippen molar-refractivity contribution in [2.45, 2.75) is 0 Å². The van der Waals surface area contributed by atoms with Crippen molar-refractivity contribution in [3.05, 3.63) is 27.7 Å². The van der Waals surface area contributed by atoms with Gasteiger partial charge in [0.25, 0.3) is 0 Å². The van der Waals surface area contributed by atoms with Crippen molar-refractivity contribution >= 4 is 54.8 Å². The topological polar surface area (TPSA) is 46.2 Å². The van der Waals surface area contributed by atoms with Crippen LogP contribution in [-0.4, -0.2) is 20.1 Å². The number of benzene rings is 1. The van der Waals surface area contributed by atoms with E-state index < -0.39 is 10.0 Å². The molecule has 15 heavy (non-hydrogen) atoms. The molecule has 0 spiro atoms. The summed E-state index contributed by atoms with van der Waals surface area (Å²) in [7, 11) is -3.41. The van der Waals surface area contributed by atoms with Crippen molar-refractivity contribution in [1.29, 1.82) is 0 Å². The molecule has 0 amide bonds. The first-order valence-corrected chi connectivity index (χ1v) is 7.32. The lowest BCUT2D eigenvalue weighted by molar-refractivity contribution is 0.602. The minimum atomic E-state index is -3.41. The predicted molar refractivity (Wildman–Crippen MR) is 67.3 cm³/mol. The molecule has 0 aromatic heterocycles. The van der Waals surface area contributed by atoms with Crippen LogP contribution in [0.25, 0.3) is 0 Å². The number of anilines is 1. The fourth-order valence-corrected chi connectivity index (χ4v) is 2.90. The third kappa shape index (κ3) is 4.18. The SMILES string of the molecule is O=S(=O)(CCCl)Nc1cc(Br)ccc1Cl. The van der Waals surface area contributed by atoms with E-state index in [1.165, 1.54) is 0 Å². The maximum Gasteiger partial charge on any atom is 0.233 e. The highest BCUT2D eigenvalue weighted by Crippen LogP contribution is 2.26. The van der Waals surface area contributed by atoms with Crippen molar-refractivity contribution in [2.24, 2.45) is 0 Å². The standard InChI is InChI=1S/C8H8BrCl2NO2S/c9-6-1-2-7(11)8(5-6)12-15(13,14)4-3-10/h1-2,5,12H,3-4H2. The molecule has 0 heterocycles. The summed E-state index contributed by atoms with van der Waals surface area (Å²) in [6, 6.07) is 4.92. The lowest BCUT2D eigenvalue weighted by atomic mass is 10.3. The molecule has 3 nitrogen and oxygen atoms in total. The van der Waals surface area contributed by atoms with Gasteiger partial charge in [-0.1, -0.05) is 27.5 Å². The minimum Gasteiger partial charge on any atom is -0.282 e. The summed E-state index contributed by atoms with van der Waals surface area (Å²) in [5.41, 5.74) is 0.344. The highest BCUT2D eigenvalue weighted by Gasteiger charge is 2.11. The molecule has 1 aromatic carbocycles. The van der Waals surface area contributed by atoms with Gasteiger partial charge < -0.3 is 0 Å². The summed E-state index contributed by atoms with van der Waals surface area (Å²) < 4.78 is 25.9. The molecule has 1 rings (SSSR count). The predicted octanol–water partition coefficient (Wildman–Crippen LogP) is 3.08. The molecule has 0 atom stereocenters. The molecule has 84 valence electrons. The Morgan fingerprint density at radius 2 is 2.07 bits per heavy atom. The van der Waals surface area contributed by atoms with Crippen LogP contribution in [0.4, 0.5) is 5.69 Å². The normalized spacial score (nSPS) is 11.4. The first-order valence-electron chi connectivity index (χ1n) is 3.96. The smallest absolute Gasteiger partial charge is 0.233 e. The van der Waals surface area contributed by atoms with Gasteiger partial charge in [0.15, 0.2) is 0 Å². The van der Waals surface area contributed by atoms with Crippen LogP contribution in [0.2, 0.25) is 5.02 Å². The minimum absolute atomic E-state index is 0.0426. The van der Waals surface area contributed by atoms with Gasteiger partial charge >= 0.3 is 0 Å². The summed E-state index contributed by atoms with van der Waals surface area (Å²) in [4.78, 5) is 0. The number of alkyl halides is 1. The number of halogens is 3. The van der Waals surface area contributed by atoms with E-state index in [9.17, 15) is 8.42 Å². The van der Waals surface area contributed by atoms with Gasteiger partial charge in [0, 0.05) is 10.4 Å². The second-order valence-electron chi connectivity index (χ2n) is 2.73. The highest BCUT2D eigenvalue weighted by atomic mass is 79.9. The number of hydrogen-bond acceptors (Lipinski definition) is 2. The van der Waals surface area contributed by atoms with Gasteiger partial charge in [-0.05, 0) is 18.2 Å². The highest BCUT2D eigenvalue weighted by molar-refractivity contribution is 9.10. The van der Waals surface area contributed by atoms with E-state index in [-0.39, 0.29) is 11.6 Å². The fourth-order valence-electron chi connectivity index (χ4n) is 0.896. The zero-order chi connectivity index (χ0) is 11.5. The Bertz CT molecular complexity index is 450. The maximum atomic E-state index is 11.4. The van der Waals surface area contributed by atoms with Gasteiger partial charge in [0.2, 0.25) is 10.0 Å².